The van der Waals surface area contributed by atoms with Gasteiger partial charge in [-0.25, -0.2) is 4.99 Å². The number of rotatable bonds is 6. The molecule has 0 spiro atoms. The first-order valence-corrected chi connectivity index (χ1v) is 9.15. The summed E-state index contributed by atoms with van der Waals surface area (Å²) < 4.78 is 39.1. The Kier molecular flexibility index (Phi) is 7.21. The first-order valence-electron chi connectivity index (χ1n) is 9.15. The highest BCUT2D eigenvalue weighted by molar-refractivity contribution is 5.96. The van der Waals surface area contributed by atoms with Gasteiger partial charge >= 0.3 is 6.18 Å². The zero-order chi connectivity index (χ0) is 20.7. The van der Waals surface area contributed by atoms with Crippen molar-refractivity contribution in [2.24, 2.45) is 4.99 Å². The summed E-state index contributed by atoms with van der Waals surface area (Å²) >= 11 is 0. The Morgan fingerprint density at radius 1 is 1.29 bits per heavy atom. The maximum absolute atomic E-state index is 13.0. The van der Waals surface area contributed by atoms with Gasteiger partial charge in [0.2, 0.25) is 0 Å². The minimum Gasteiger partial charge on any atom is -0.344 e. The van der Waals surface area contributed by atoms with Crippen molar-refractivity contribution in [1.29, 1.82) is 0 Å². The molecule has 2 rings (SSSR count). The van der Waals surface area contributed by atoms with Crippen molar-refractivity contribution in [1.82, 2.24) is 5.32 Å². The van der Waals surface area contributed by atoms with E-state index in [1.165, 1.54) is 18.3 Å². The Hall–Kier alpha value is -2.82. The molecule has 1 aliphatic carbocycles. The summed E-state index contributed by atoms with van der Waals surface area (Å²) in [4.78, 5) is 4.22. The van der Waals surface area contributed by atoms with Crippen LogP contribution < -0.4 is 5.32 Å². The average Bonchev–Trinajstić information content (AvgIpc) is 2.62. The molecule has 0 radical (unpaired) electrons. The molecule has 0 saturated carbocycles. The molecular formula is C23H25F3N2. The highest BCUT2D eigenvalue weighted by Gasteiger charge is 2.31. The number of allylic oxidation sites excluding steroid dienone is 6. The number of aryl methyl sites for hydroxylation is 1. The summed E-state index contributed by atoms with van der Waals surface area (Å²) in [6.45, 7) is 11.5. The number of halogens is 3. The standard InChI is InChI=1S/C23H25F3N2/c1-5-7-17(4)28-22(27-6-2)14-18-9-11-19(12-10-18)21-15-20(23(24,25)26)13-8-16(21)3/h6,8-9,11-15H,2,4-5,7,10H2,1,3H3,(H,27,28)/b18-14-. The van der Waals surface area contributed by atoms with Gasteiger partial charge in [-0.2, -0.15) is 13.2 Å². The highest BCUT2D eigenvalue weighted by atomic mass is 19.4. The predicted octanol–water partition coefficient (Wildman–Crippen LogP) is 6.73. The molecule has 0 heterocycles. The Morgan fingerprint density at radius 3 is 2.61 bits per heavy atom. The molecule has 1 N–H and O–H groups in total. The summed E-state index contributed by atoms with van der Waals surface area (Å²) in [6, 6.07) is 3.83. The molecule has 5 heteroatoms. The third kappa shape index (κ3) is 5.84. The van der Waals surface area contributed by atoms with Gasteiger partial charge in [-0.15, -0.1) is 0 Å². The summed E-state index contributed by atoms with van der Waals surface area (Å²) in [6.07, 6.45) is 7.08. The van der Waals surface area contributed by atoms with E-state index in [0.717, 1.165) is 41.3 Å². The number of amidine groups is 1. The predicted molar refractivity (Wildman–Crippen MR) is 111 cm³/mol. The second-order valence-electron chi connectivity index (χ2n) is 6.62. The van der Waals surface area contributed by atoms with Crippen molar-refractivity contribution in [2.75, 3.05) is 0 Å². The second kappa shape index (κ2) is 9.40. The molecule has 1 aromatic rings. The van der Waals surface area contributed by atoms with Crippen LogP contribution >= 0.6 is 0 Å². The van der Waals surface area contributed by atoms with Crippen LogP contribution in [0.4, 0.5) is 13.2 Å². The molecule has 0 aromatic heterocycles. The molecule has 0 amide bonds. The van der Waals surface area contributed by atoms with Crippen LogP contribution in [-0.4, -0.2) is 5.84 Å². The number of hydrogen-bond acceptors (Lipinski definition) is 1. The van der Waals surface area contributed by atoms with E-state index < -0.39 is 11.7 Å². The van der Waals surface area contributed by atoms with E-state index in [9.17, 15) is 13.2 Å². The van der Waals surface area contributed by atoms with Crippen molar-refractivity contribution in [3.05, 3.63) is 89.8 Å². The molecule has 0 atom stereocenters. The van der Waals surface area contributed by atoms with E-state index in [0.29, 0.717) is 17.8 Å². The lowest BCUT2D eigenvalue weighted by atomic mass is 9.92. The molecule has 0 unspecified atom stereocenters. The van der Waals surface area contributed by atoms with Gasteiger partial charge in [-0.3, -0.25) is 0 Å². The third-order valence-electron chi connectivity index (χ3n) is 4.32. The van der Waals surface area contributed by atoms with Crippen LogP contribution in [0, 0.1) is 6.92 Å². The van der Waals surface area contributed by atoms with Gasteiger partial charge < -0.3 is 5.32 Å². The van der Waals surface area contributed by atoms with E-state index in [1.54, 1.807) is 0 Å². The highest BCUT2D eigenvalue weighted by Crippen LogP contribution is 2.34. The maximum Gasteiger partial charge on any atom is 0.416 e. The normalized spacial score (nSPS) is 16.1. The first-order chi connectivity index (χ1) is 13.2. The molecule has 1 aromatic carbocycles. The van der Waals surface area contributed by atoms with Gasteiger partial charge in [0.25, 0.3) is 0 Å². The van der Waals surface area contributed by atoms with E-state index in [2.05, 4.69) is 30.4 Å². The molecule has 0 bridgehead atoms. The summed E-state index contributed by atoms with van der Waals surface area (Å²) in [7, 11) is 0. The fourth-order valence-electron chi connectivity index (χ4n) is 2.90. The molecule has 0 saturated heterocycles. The van der Waals surface area contributed by atoms with Gasteiger partial charge in [0, 0.05) is 11.9 Å². The minimum atomic E-state index is -4.35. The lowest BCUT2D eigenvalue weighted by Gasteiger charge is -2.15. The van der Waals surface area contributed by atoms with E-state index >= 15 is 0 Å². The molecular weight excluding hydrogens is 361 g/mol. The summed E-state index contributed by atoms with van der Waals surface area (Å²) in [5.74, 6) is 0.639. The molecule has 0 aliphatic heterocycles. The fourth-order valence-corrected chi connectivity index (χ4v) is 2.90. The largest absolute Gasteiger partial charge is 0.416 e. The number of aliphatic imine (C=N–C) groups is 1. The molecule has 2 nitrogen and oxygen atoms in total. The number of nitrogens with zero attached hydrogens (tertiary/aromatic N) is 1. The monoisotopic (exact) mass is 386 g/mol. The zero-order valence-electron chi connectivity index (χ0n) is 16.2. The van der Waals surface area contributed by atoms with Crippen LogP contribution in [0.25, 0.3) is 5.57 Å². The van der Waals surface area contributed by atoms with E-state index in [1.807, 2.05) is 31.2 Å². The quantitative estimate of drug-likeness (QED) is 0.425. The number of benzene rings is 1. The number of alkyl halides is 3. The van der Waals surface area contributed by atoms with E-state index in [-0.39, 0.29) is 0 Å². The second-order valence-corrected chi connectivity index (χ2v) is 6.62. The summed E-state index contributed by atoms with van der Waals surface area (Å²) in [5, 5.41) is 3.17. The van der Waals surface area contributed by atoms with Gasteiger partial charge in [0.15, 0.2) is 0 Å². The maximum atomic E-state index is 13.0. The van der Waals surface area contributed by atoms with Gasteiger partial charge in [0.05, 0.1) is 5.56 Å². The van der Waals surface area contributed by atoms with Crippen LogP contribution in [0.15, 0.2) is 78.1 Å². The Morgan fingerprint density at radius 2 is 2.04 bits per heavy atom. The lowest BCUT2D eigenvalue weighted by molar-refractivity contribution is -0.137. The van der Waals surface area contributed by atoms with Crippen molar-refractivity contribution < 1.29 is 13.2 Å². The van der Waals surface area contributed by atoms with Crippen LogP contribution in [0.2, 0.25) is 0 Å². The van der Waals surface area contributed by atoms with Gasteiger partial charge in [-0.05, 0) is 60.2 Å². The molecule has 1 aliphatic rings. The Labute approximate surface area is 164 Å². The van der Waals surface area contributed by atoms with Crippen molar-refractivity contribution >= 4 is 11.4 Å². The summed E-state index contributed by atoms with van der Waals surface area (Å²) in [5.41, 5.74) is 3.41. The first kappa shape index (κ1) is 21.5. The topological polar surface area (TPSA) is 24.4 Å². The minimum absolute atomic E-state index is 0.597. The van der Waals surface area contributed by atoms with Crippen molar-refractivity contribution in [3.63, 3.8) is 0 Å². The van der Waals surface area contributed by atoms with Crippen LogP contribution in [0.3, 0.4) is 0 Å². The van der Waals surface area contributed by atoms with Crippen LogP contribution in [0.1, 0.15) is 42.9 Å². The Bertz CT molecular complexity index is 868. The SMILES string of the molecule is C=C/N=C(\C=C1\C=CC(c2cc(C(F)(F)F)ccc2C)=CC1)NC(=C)CCC. The molecule has 0 fully saturated rings. The van der Waals surface area contributed by atoms with Crippen LogP contribution in [0.5, 0.6) is 0 Å². The smallest absolute Gasteiger partial charge is 0.344 e. The average molecular weight is 386 g/mol. The van der Waals surface area contributed by atoms with Gasteiger partial charge in [-0.1, -0.05) is 50.8 Å². The lowest BCUT2D eigenvalue weighted by Crippen LogP contribution is -2.20. The third-order valence-corrected chi connectivity index (χ3v) is 4.32. The fraction of sp³-hybridized carbons (Fsp3) is 0.261. The van der Waals surface area contributed by atoms with E-state index in [4.69, 9.17) is 0 Å². The zero-order valence-corrected chi connectivity index (χ0v) is 16.2. The van der Waals surface area contributed by atoms with Gasteiger partial charge in [0.1, 0.15) is 5.84 Å². The number of hydrogen-bond donors (Lipinski definition) is 1. The molecule has 28 heavy (non-hydrogen) atoms. The van der Waals surface area contributed by atoms with Crippen molar-refractivity contribution in [3.8, 4) is 0 Å². The van der Waals surface area contributed by atoms with Crippen LogP contribution in [-0.2, 0) is 6.18 Å². The molecule has 148 valence electrons. The number of nitrogens with one attached hydrogen (secondary N) is 1. The Balaban J connectivity index is 2.21. The van der Waals surface area contributed by atoms with Crippen molar-refractivity contribution in [2.45, 2.75) is 39.3 Å².